The van der Waals surface area contributed by atoms with Crippen molar-refractivity contribution in [2.24, 2.45) is 11.8 Å². The van der Waals surface area contributed by atoms with Gasteiger partial charge in [0.15, 0.2) is 0 Å². The molecule has 0 rings (SSSR count). The van der Waals surface area contributed by atoms with Crippen LogP contribution in [0.15, 0.2) is 0 Å². The number of aliphatic carboxylic acids is 1. The monoisotopic (exact) mass is 361 g/mol. The first-order valence-electron chi connectivity index (χ1n) is 8.17. The minimum atomic E-state index is -1.72. The molecule has 3 N–H and O–H groups in total. The summed E-state index contributed by atoms with van der Waals surface area (Å²) in [5.74, 6) is -5.65. The summed E-state index contributed by atoms with van der Waals surface area (Å²) in [7, 11) is 0. The molecule has 0 aliphatic heterocycles. The summed E-state index contributed by atoms with van der Waals surface area (Å²) in [5, 5.41) is 21.3. The van der Waals surface area contributed by atoms with Crippen LogP contribution >= 0.6 is 0 Å². The minimum absolute atomic E-state index is 0.00409. The Kier molecular flexibility index (Phi) is 10.4. The molecule has 144 valence electrons. The zero-order valence-electron chi connectivity index (χ0n) is 15.0. The molecule has 0 aromatic heterocycles. The van der Waals surface area contributed by atoms with Gasteiger partial charge in [0.05, 0.1) is 25.6 Å². The minimum Gasteiger partial charge on any atom is -0.480 e. The molecule has 0 aliphatic carbocycles. The zero-order valence-corrected chi connectivity index (χ0v) is 15.0. The summed E-state index contributed by atoms with van der Waals surface area (Å²) in [5.41, 5.74) is 0. The fraction of sp³-hybridized carbons (Fsp3) is 0.750. The van der Waals surface area contributed by atoms with E-state index in [0.29, 0.717) is 0 Å². The molecule has 0 spiro atoms. The second-order valence-corrected chi connectivity index (χ2v) is 5.84. The lowest BCUT2D eigenvalue weighted by Crippen LogP contribution is -2.52. The van der Waals surface area contributed by atoms with Gasteiger partial charge in [0, 0.05) is 0 Å². The molecule has 0 unspecified atom stereocenters. The molecular weight excluding hydrogens is 334 g/mol. The van der Waals surface area contributed by atoms with Gasteiger partial charge in [0.2, 0.25) is 5.91 Å². The Morgan fingerprint density at radius 2 is 1.60 bits per heavy atom. The Balaban J connectivity index is 5.32. The quantitative estimate of drug-likeness (QED) is 0.440. The number of aliphatic hydroxyl groups excluding tert-OH is 1. The van der Waals surface area contributed by atoms with Crippen molar-refractivity contribution in [3.8, 4) is 0 Å². The van der Waals surface area contributed by atoms with Gasteiger partial charge in [-0.3, -0.25) is 14.4 Å². The average molecular weight is 361 g/mol. The molecule has 0 aromatic rings. The highest BCUT2D eigenvalue weighted by Crippen LogP contribution is 2.15. The van der Waals surface area contributed by atoms with Crippen molar-refractivity contribution in [1.29, 1.82) is 0 Å². The van der Waals surface area contributed by atoms with Crippen LogP contribution in [0, 0.1) is 11.8 Å². The van der Waals surface area contributed by atoms with Crippen molar-refractivity contribution >= 4 is 23.8 Å². The third kappa shape index (κ3) is 8.48. The number of nitrogens with one attached hydrogen (secondary N) is 1. The van der Waals surface area contributed by atoms with Gasteiger partial charge in [-0.2, -0.15) is 0 Å². The van der Waals surface area contributed by atoms with E-state index in [1.807, 2.05) is 0 Å². The van der Waals surface area contributed by atoms with Crippen LogP contribution in [-0.4, -0.2) is 59.4 Å². The zero-order chi connectivity index (χ0) is 19.6. The Morgan fingerprint density at radius 3 is 2.04 bits per heavy atom. The maximum Gasteiger partial charge on any atom is 0.327 e. The van der Waals surface area contributed by atoms with E-state index in [2.05, 4.69) is 5.32 Å². The second-order valence-electron chi connectivity index (χ2n) is 5.84. The lowest BCUT2D eigenvalue weighted by molar-refractivity contribution is -0.160. The van der Waals surface area contributed by atoms with Gasteiger partial charge < -0.3 is 25.0 Å². The highest BCUT2D eigenvalue weighted by atomic mass is 16.5. The number of esters is 2. The van der Waals surface area contributed by atoms with Crippen LogP contribution in [0.2, 0.25) is 0 Å². The smallest absolute Gasteiger partial charge is 0.327 e. The van der Waals surface area contributed by atoms with E-state index in [1.165, 1.54) is 6.92 Å². The average Bonchev–Trinajstić information content (AvgIpc) is 2.49. The number of hydrogen-bond acceptors (Lipinski definition) is 7. The highest BCUT2D eigenvalue weighted by Gasteiger charge is 2.39. The van der Waals surface area contributed by atoms with Gasteiger partial charge in [-0.05, 0) is 26.2 Å². The number of amides is 1. The number of carbonyl (C=O) groups is 4. The maximum atomic E-state index is 12.1. The third-order valence-electron chi connectivity index (χ3n) is 3.24. The summed E-state index contributed by atoms with van der Waals surface area (Å²) >= 11 is 0. The van der Waals surface area contributed by atoms with E-state index in [9.17, 15) is 29.4 Å². The van der Waals surface area contributed by atoms with E-state index < -0.39 is 48.3 Å². The Labute approximate surface area is 146 Å². The van der Waals surface area contributed by atoms with Crippen LogP contribution in [0.5, 0.6) is 0 Å². The van der Waals surface area contributed by atoms with Crippen molar-refractivity contribution in [3.63, 3.8) is 0 Å². The molecular formula is C16H27NO8. The van der Waals surface area contributed by atoms with Gasteiger partial charge in [-0.1, -0.05) is 13.8 Å². The molecule has 25 heavy (non-hydrogen) atoms. The lowest BCUT2D eigenvalue weighted by Gasteiger charge is -2.24. The molecule has 0 aromatic carbocycles. The number of carboxylic acid groups (broad SMARTS) is 1. The predicted molar refractivity (Wildman–Crippen MR) is 86.4 cm³/mol. The summed E-state index contributed by atoms with van der Waals surface area (Å²) < 4.78 is 9.53. The van der Waals surface area contributed by atoms with E-state index in [1.54, 1.807) is 20.8 Å². The number of hydrogen-bond donors (Lipinski definition) is 3. The normalized spacial score (nSPS) is 14.3. The summed E-state index contributed by atoms with van der Waals surface area (Å²) in [4.78, 5) is 47.2. The largest absolute Gasteiger partial charge is 0.480 e. The van der Waals surface area contributed by atoms with Crippen molar-refractivity contribution in [3.05, 3.63) is 0 Å². The molecule has 1 amide bonds. The van der Waals surface area contributed by atoms with Gasteiger partial charge in [0.25, 0.3) is 0 Å². The molecule has 0 saturated heterocycles. The molecule has 0 bridgehead atoms. The number of aliphatic hydroxyl groups is 1. The highest BCUT2D eigenvalue weighted by molar-refractivity contribution is 5.91. The molecule has 9 heteroatoms. The Hall–Kier alpha value is -2.16. The van der Waals surface area contributed by atoms with Crippen molar-refractivity contribution in [1.82, 2.24) is 5.32 Å². The maximum absolute atomic E-state index is 12.1. The summed E-state index contributed by atoms with van der Waals surface area (Å²) in [6.45, 7) is 6.71. The standard InChI is InChI=1S/C16H27NO8/c1-5-24-12(19)8-10(16(23)25-6-2)13(15(21)22)17-14(20)11(18)7-9(3)4/h9-11,13,18H,5-8H2,1-4H3,(H,17,20)(H,21,22)/t10-,11-,13+/m1/s1. The Morgan fingerprint density at radius 1 is 1.04 bits per heavy atom. The lowest BCUT2D eigenvalue weighted by atomic mass is 9.95. The SMILES string of the molecule is CCOC(=O)C[C@@H](C(=O)OCC)[C@H](NC(=O)[C@H](O)CC(C)C)C(=O)O. The van der Waals surface area contributed by atoms with Gasteiger partial charge >= 0.3 is 17.9 Å². The molecule has 9 nitrogen and oxygen atoms in total. The van der Waals surface area contributed by atoms with Crippen LogP contribution in [-0.2, 0) is 28.7 Å². The molecule has 0 heterocycles. The first-order chi connectivity index (χ1) is 11.6. The third-order valence-corrected chi connectivity index (χ3v) is 3.24. The topological polar surface area (TPSA) is 139 Å². The fourth-order valence-corrected chi connectivity index (χ4v) is 2.12. The Bertz CT molecular complexity index is 477. The number of rotatable bonds is 11. The van der Waals surface area contributed by atoms with Gasteiger partial charge in [-0.15, -0.1) is 0 Å². The molecule has 0 fully saturated rings. The number of carbonyl (C=O) groups excluding carboxylic acids is 3. The fourth-order valence-electron chi connectivity index (χ4n) is 2.12. The van der Waals surface area contributed by atoms with Gasteiger partial charge in [0.1, 0.15) is 12.1 Å². The van der Waals surface area contributed by atoms with Crippen LogP contribution in [0.3, 0.4) is 0 Å². The first-order valence-corrected chi connectivity index (χ1v) is 8.17. The van der Waals surface area contributed by atoms with E-state index in [0.717, 1.165) is 0 Å². The first kappa shape index (κ1) is 22.8. The van der Waals surface area contributed by atoms with Crippen molar-refractivity contribution in [2.75, 3.05) is 13.2 Å². The van der Waals surface area contributed by atoms with Crippen molar-refractivity contribution in [2.45, 2.75) is 52.7 Å². The van der Waals surface area contributed by atoms with Crippen LogP contribution in [0.1, 0.15) is 40.5 Å². The van der Waals surface area contributed by atoms with E-state index in [-0.39, 0.29) is 25.6 Å². The van der Waals surface area contributed by atoms with Crippen LogP contribution in [0.4, 0.5) is 0 Å². The van der Waals surface area contributed by atoms with Crippen LogP contribution in [0.25, 0.3) is 0 Å². The summed E-state index contributed by atoms with van der Waals surface area (Å²) in [6, 6.07) is -1.72. The molecule has 0 radical (unpaired) electrons. The van der Waals surface area contributed by atoms with Gasteiger partial charge in [-0.25, -0.2) is 4.79 Å². The summed E-state index contributed by atoms with van der Waals surface area (Å²) in [6.07, 6.45) is -1.86. The van der Waals surface area contributed by atoms with Crippen molar-refractivity contribution < 1.29 is 38.9 Å². The predicted octanol–water partition coefficient (Wildman–Crippen LogP) is 0.0953. The van der Waals surface area contributed by atoms with E-state index in [4.69, 9.17) is 9.47 Å². The van der Waals surface area contributed by atoms with E-state index >= 15 is 0 Å². The second kappa shape index (κ2) is 11.4. The number of ether oxygens (including phenoxy) is 2. The van der Waals surface area contributed by atoms with Crippen LogP contribution < -0.4 is 5.32 Å². The molecule has 3 atom stereocenters. The number of carboxylic acids is 1. The molecule has 0 saturated carbocycles. The molecule has 0 aliphatic rings.